The molecule has 3 aromatic rings. The highest BCUT2D eigenvalue weighted by molar-refractivity contribution is 5.84. The number of pyridine rings is 1. The Morgan fingerprint density at radius 3 is 2.81 bits per heavy atom. The van der Waals surface area contributed by atoms with E-state index < -0.39 is 0 Å². The van der Waals surface area contributed by atoms with Crippen LogP contribution in [-0.4, -0.2) is 40.0 Å². The predicted octanol–water partition coefficient (Wildman–Crippen LogP) is 3.84. The van der Waals surface area contributed by atoms with Crippen LogP contribution in [0.25, 0.3) is 11.0 Å². The topological polar surface area (TPSA) is 64.4 Å². The normalized spacial score (nSPS) is 13.3. The molecule has 0 saturated heterocycles. The van der Waals surface area contributed by atoms with Gasteiger partial charge in [-0.05, 0) is 54.7 Å². The van der Waals surface area contributed by atoms with Crippen molar-refractivity contribution in [2.24, 2.45) is 0 Å². The van der Waals surface area contributed by atoms with Crippen molar-refractivity contribution in [1.29, 1.82) is 0 Å². The number of carbonyl (C=O) groups excluding carboxylic acids is 2. The molecule has 0 fully saturated rings. The van der Waals surface area contributed by atoms with Gasteiger partial charge in [-0.25, -0.2) is 9.37 Å². The van der Waals surface area contributed by atoms with E-state index in [0.29, 0.717) is 45.3 Å². The van der Waals surface area contributed by atoms with Crippen molar-refractivity contribution in [1.82, 2.24) is 14.5 Å². The van der Waals surface area contributed by atoms with Crippen LogP contribution in [0.15, 0.2) is 42.6 Å². The molecule has 6 nitrogen and oxygen atoms in total. The summed E-state index contributed by atoms with van der Waals surface area (Å²) in [5.74, 6) is -0.421. The van der Waals surface area contributed by atoms with Crippen molar-refractivity contribution in [3.63, 3.8) is 0 Å². The largest absolute Gasteiger partial charge is 0.469 e. The number of benzene rings is 1. The number of aromatic nitrogens is 2. The molecule has 7 heteroatoms. The summed E-state index contributed by atoms with van der Waals surface area (Å²) < 4.78 is 20.5. The summed E-state index contributed by atoms with van der Waals surface area (Å²) in [7, 11) is 1.37. The summed E-state index contributed by atoms with van der Waals surface area (Å²) in [6, 6.07) is 10.6. The van der Waals surface area contributed by atoms with Gasteiger partial charge in [-0.15, -0.1) is 0 Å². The average molecular weight is 423 g/mol. The van der Waals surface area contributed by atoms with Gasteiger partial charge in [0.2, 0.25) is 5.91 Å². The number of amides is 1. The first-order valence-electron chi connectivity index (χ1n) is 10.6. The quantitative estimate of drug-likeness (QED) is 0.428. The molecule has 1 aliphatic rings. The zero-order valence-corrected chi connectivity index (χ0v) is 17.6. The van der Waals surface area contributed by atoms with Crippen LogP contribution in [-0.2, 0) is 33.8 Å². The summed E-state index contributed by atoms with van der Waals surface area (Å²) in [5, 5.41) is 1.10. The second-order valence-electron chi connectivity index (χ2n) is 7.86. The molecular formula is C24H26FN3O3. The molecule has 0 spiro atoms. The van der Waals surface area contributed by atoms with Crippen LogP contribution >= 0.6 is 0 Å². The maximum atomic E-state index is 13.7. The van der Waals surface area contributed by atoms with E-state index in [1.54, 1.807) is 12.3 Å². The van der Waals surface area contributed by atoms with E-state index in [9.17, 15) is 14.0 Å². The number of nitrogens with zero attached hydrogens (tertiary/aromatic N) is 3. The van der Waals surface area contributed by atoms with E-state index in [0.717, 1.165) is 28.7 Å². The molecule has 1 amide bonds. The average Bonchev–Trinajstić information content (AvgIpc) is 3.09. The molecule has 1 aliphatic heterocycles. The van der Waals surface area contributed by atoms with Crippen LogP contribution in [0.2, 0.25) is 0 Å². The van der Waals surface area contributed by atoms with Crippen LogP contribution in [0.1, 0.15) is 42.5 Å². The van der Waals surface area contributed by atoms with Crippen LogP contribution < -0.4 is 0 Å². The van der Waals surface area contributed by atoms with Crippen molar-refractivity contribution in [3.8, 4) is 0 Å². The Morgan fingerprint density at radius 2 is 2.00 bits per heavy atom. The number of carbonyl (C=O) groups is 2. The van der Waals surface area contributed by atoms with E-state index in [2.05, 4.69) is 20.4 Å². The fourth-order valence-corrected chi connectivity index (χ4v) is 4.27. The van der Waals surface area contributed by atoms with Crippen LogP contribution in [0.5, 0.6) is 0 Å². The molecule has 4 rings (SSSR count). The van der Waals surface area contributed by atoms with E-state index in [-0.39, 0.29) is 17.7 Å². The van der Waals surface area contributed by atoms with Gasteiger partial charge in [0.05, 0.1) is 13.7 Å². The number of hydrogen-bond acceptors (Lipinski definition) is 4. The highest BCUT2D eigenvalue weighted by Gasteiger charge is 2.27. The Bertz CT molecular complexity index is 1110. The molecular weight excluding hydrogens is 397 g/mol. The van der Waals surface area contributed by atoms with Crippen molar-refractivity contribution < 1.29 is 18.7 Å². The molecule has 0 atom stereocenters. The molecule has 0 N–H and O–H groups in total. The third-order valence-electron chi connectivity index (χ3n) is 5.85. The molecule has 3 heterocycles. The minimum absolute atomic E-state index is 0.0889. The maximum absolute atomic E-state index is 13.7. The van der Waals surface area contributed by atoms with Gasteiger partial charge >= 0.3 is 5.97 Å². The van der Waals surface area contributed by atoms with Gasteiger partial charge in [-0.1, -0.05) is 12.1 Å². The highest BCUT2D eigenvalue weighted by atomic mass is 19.1. The Morgan fingerprint density at radius 1 is 1.16 bits per heavy atom. The number of fused-ring (bicyclic) bond motifs is 3. The van der Waals surface area contributed by atoms with E-state index in [1.165, 1.54) is 24.8 Å². The number of rotatable bonds is 7. The van der Waals surface area contributed by atoms with Gasteiger partial charge in [0.25, 0.3) is 0 Å². The Balaban J connectivity index is 1.53. The van der Waals surface area contributed by atoms with Gasteiger partial charge in [-0.2, -0.15) is 0 Å². The van der Waals surface area contributed by atoms with Gasteiger partial charge in [-0.3, -0.25) is 9.59 Å². The maximum Gasteiger partial charge on any atom is 0.305 e. The molecule has 0 bridgehead atoms. The van der Waals surface area contributed by atoms with E-state index in [4.69, 9.17) is 0 Å². The summed E-state index contributed by atoms with van der Waals surface area (Å²) in [6.07, 6.45) is 4.57. The van der Waals surface area contributed by atoms with Crippen molar-refractivity contribution in [2.45, 2.75) is 45.2 Å². The van der Waals surface area contributed by atoms with Crippen molar-refractivity contribution in [3.05, 3.63) is 65.2 Å². The summed E-state index contributed by atoms with van der Waals surface area (Å²) in [6.45, 7) is 1.68. The van der Waals surface area contributed by atoms with Gasteiger partial charge in [0.15, 0.2) is 0 Å². The molecule has 2 aromatic heterocycles. The number of ether oxygens (including phenoxy) is 1. The predicted molar refractivity (Wildman–Crippen MR) is 115 cm³/mol. The summed E-state index contributed by atoms with van der Waals surface area (Å²) >= 11 is 0. The number of halogens is 1. The summed E-state index contributed by atoms with van der Waals surface area (Å²) in [4.78, 5) is 30.5. The number of methoxy groups -OCH3 is 1. The molecule has 0 saturated carbocycles. The first kappa shape index (κ1) is 21.0. The first-order valence-corrected chi connectivity index (χ1v) is 10.6. The lowest BCUT2D eigenvalue weighted by Crippen LogP contribution is -2.36. The van der Waals surface area contributed by atoms with Gasteiger partial charge < -0.3 is 14.2 Å². The van der Waals surface area contributed by atoms with Gasteiger partial charge in [0, 0.05) is 43.2 Å². The minimum atomic E-state index is -0.264. The Kier molecular flexibility index (Phi) is 6.30. The van der Waals surface area contributed by atoms with Crippen molar-refractivity contribution >= 4 is 22.9 Å². The number of unbranched alkanes of at least 4 members (excludes halogenated alkanes) is 1. The molecule has 0 unspecified atom stereocenters. The minimum Gasteiger partial charge on any atom is -0.469 e. The number of esters is 1. The smallest absolute Gasteiger partial charge is 0.305 e. The summed E-state index contributed by atoms with van der Waals surface area (Å²) in [5.41, 5.74) is 4.00. The third-order valence-corrected chi connectivity index (χ3v) is 5.85. The van der Waals surface area contributed by atoms with Gasteiger partial charge in [0.1, 0.15) is 11.5 Å². The third kappa shape index (κ3) is 4.60. The molecule has 0 aliphatic carbocycles. The number of hydrogen-bond donors (Lipinski definition) is 0. The van der Waals surface area contributed by atoms with Crippen LogP contribution in [0.4, 0.5) is 4.39 Å². The SMILES string of the molecule is COC(=O)CCCCC(=O)N1CCc2c(n(Cc3cccc(F)c3)c3ncccc23)C1. The Labute approximate surface area is 180 Å². The second-order valence-corrected chi connectivity index (χ2v) is 7.86. The highest BCUT2D eigenvalue weighted by Crippen LogP contribution is 2.31. The fraction of sp³-hybridized carbons (Fsp3) is 0.375. The lowest BCUT2D eigenvalue weighted by Gasteiger charge is -2.28. The second kappa shape index (κ2) is 9.29. The Hall–Kier alpha value is -3.22. The lowest BCUT2D eigenvalue weighted by atomic mass is 10.0. The fourth-order valence-electron chi connectivity index (χ4n) is 4.27. The van der Waals surface area contributed by atoms with Crippen molar-refractivity contribution in [2.75, 3.05) is 13.7 Å². The van der Waals surface area contributed by atoms with Crippen LogP contribution in [0.3, 0.4) is 0 Å². The molecule has 1 aromatic carbocycles. The zero-order chi connectivity index (χ0) is 21.8. The monoisotopic (exact) mass is 423 g/mol. The van der Waals surface area contributed by atoms with E-state index in [1.807, 2.05) is 17.0 Å². The lowest BCUT2D eigenvalue weighted by molar-refractivity contribution is -0.141. The van der Waals surface area contributed by atoms with E-state index >= 15 is 0 Å². The first-order chi connectivity index (χ1) is 15.1. The standard InChI is InChI=1S/C24H26FN3O3/c1-31-23(30)10-3-2-9-22(29)27-13-11-19-20-8-5-12-26-24(20)28(21(19)16-27)15-17-6-4-7-18(25)14-17/h4-8,12,14H,2-3,9-11,13,15-16H2,1H3. The molecule has 31 heavy (non-hydrogen) atoms. The molecule has 162 valence electrons. The van der Waals surface area contributed by atoms with Crippen LogP contribution in [0, 0.1) is 5.82 Å². The molecule has 0 radical (unpaired) electrons. The zero-order valence-electron chi connectivity index (χ0n) is 17.6.